The Bertz CT molecular complexity index is 667. The van der Waals surface area contributed by atoms with Crippen LogP contribution in [0.1, 0.15) is 31.2 Å². The number of rotatable bonds is 4. The molecule has 2 rings (SSSR count). The molecular weight excluding hydrogens is 288 g/mol. The van der Waals surface area contributed by atoms with E-state index >= 15 is 0 Å². The predicted octanol–water partition coefficient (Wildman–Crippen LogP) is 3.91. The number of esters is 1. The maximum atomic E-state index is 12.2. The largest absolute Gasteiger partial charge is 0.426 e. The van der Waals surface area contributed by atoms with Crippen molar-refractivity contribution in [3.63, 3.8) is 0 Å². The summed E-state index contributed by atoms with van der Waals surface area (Å²) in [6.07, 6.45) is 10.7. The summed E-state index contributed by atoms with van der Waals surface area (Å²) in [7, 11) is 0. The Morgan fingerprint density at radius 2 is 1.78 bits per heavy atom. The van der Waals surface area contributed by atoms with Crippen molar-refractivity contribution in [3.8, 4) is 17.9 Å². The first-order valence-corrected chi connectivity index (χ1v) is 7.67. The van der Waals surface area contributed by atoms with Crippen LogP contribution < -0.4 is 4.74 Å². The number of carbonyl (C=O) groups is 1. The van der Waals surface area contributed by atoms with E-state index < -0.39 is 0 Å². The molecule has 4 nitrogen and oxygen atoms in total. The Balaban J connectivity index is 1.81. The lowest BCUT2D eigenvalue weighted by molar-refractivity contribution is -0.140. The van der Waals surface area contributed by atoms with Crippen molar-refractivity contribution in [2.75, 3.05) is 0 Å². The van der Waals surface area contributed by atoms with Crippen molar-refractivity contribution >= 4 is 5.97 Å². The second-order valence-corrected chi connectivity index (χ2v) is 5.54. The van der Waals surface area contributed by atoms with Crippen molar-refractivity contribution in [1.29, 1.82) is 10.5 Å². The molecule has 0 amide bonds. The summed E-state index contributed by atoms with van der Waals surface area (Å²) in [4.78, 5) is 12.2. The zero-order chi connectivity index (χ0) is 16.5. The number of hydrogen-bond donors (Lipinski definition) is 0. The zero-order valence-corrected chi connectivity index (χ0v) is 12.8. The molecular formula is C19H18N2O2. The SMILES string of the molecule is N#CC=CC=CC1CCC(C(=O)Oc2ccc(C#N)cc2)CC1. The van der Waals surface area contributed by atoms with Gasteiger partial charge in [0.2, 0.25) is 0 Å². The van der Waals surface area contributed by atoms with E-state index in [0.29, 0.717) is 17.2 Å². The molecule has 4 heteroatoms. The molecule has 1 aliphatic rings. The van der Waals surface area contributed by atoms with Crippen molar-refractivity contribution in [1.82, 2.24) is 0 Å². The van der Waals surface area contributed by atoms with E-state index in [1.165, 1.54) is 6.08 Å². The van der Waals surface area contributed by atoms with E-state index in [1.807, 2.05) is 18.2 Å². The minimum absolute atomic E-state index is 0.0649. The van der Waals surface area contributed by atoms with Crippen LogP contribution in [0.2, 0.25) is 0 Å². The van der Waals surface area contributed by atoms with E-state index in [9.17, 15) is 4.79 Å². The Hall–Kier alpha value is -2.85. The average molecular weight is 306 g/mol. The van der Waals surface area contributed by atoms with E-state index in [4.69, 9.17) is 15.3 Å². The van der Waals surface area contributed by atoms with Crippen LogP contribution in [0.5, 0.6) is 5.75 Å². The Kier molecular flexibility index (Phi) is 6.15. The molecule has 0 radical (unpaired) electrons. The smallest absolute Gasteiger partial charge is 0.314 e. The monoisotopic (exact) mass is 306 g/mol. The van der Waals surface area contributed by atoms with Gasteiger partial charge < -0.3 is 4.74 Å². The van der Waals surface area contributed by atoms with Crippen LogP contribution in [-0.4, -0.2) is 5.97 Å². The normalized spacial score (nSPS) is 21.0. The topological polar surface area (TPSA) is 73.9 Å². The lowest BCUT2D eigenvalue weighted by atomic mass is 9.82. The number of nitriles is 2. The lowest BCUT2D eigenvalue weighted by Gasteiger charge is -2.25. The van der Waals surface area contributed by atoms with Gasteiger partial charge in [-0.05, 0) is 55.9 Å². The molecule has 1 saturated carbocycles. The van der Waals surface area contributed by atoms with Gasteiger partial charge in [-0.2, -0.15) is 10.5 Å². The summed E-state index contributed by atoms with van der Waals surface area (Å²) in [5.41, 5.74) is 0.544. The minimum atomic E-state index is -0.193. The molecule has 0 saturated heterocycles. The first-order valence-electron chi connectivity index (χ1n) is 7.67. The fourth-order valence-electron chi connectivity index (χ4n) is 2.66. The Labute approximate surface area is 136 Å². The Morgan fingerprint density at radius 1 is 1.09 bits per heavy atom. The quantitative estimate of drug-likeness (QED) is 0.366. The third-order valence-corrected chi connectivity index (χ3v) is 3.97. The molecule has 0 unspecified atom stereocenters. The molecule has 0 aliphatic heterocycles. The number of hydrogen-bond acceptors (Lipinski definition) is 4. The van der Waals surface area contributed by atoms with Gasteiger partial charge in [0.05, 0.1) is 23.6 Å². The molecule has 1 aromatic carbocycles. The van der Waals surface area contributed by atoms with Gasteiger partial charge in [-0.15, -0.1) is 0 Å². The van der Waals surface area contributed by atoms with Gasteiger partial charge in [0.15, 0.2) is 0 Å². The minimum Gasteiger partial charge on any atom is -0.426 e. The van der Waals surface area contributed by atoms with Crippen molar-refractivity contribution in [2.45, 2.75) is 25.7 Å². The number of ether oxygens (including phenoxy) is 1. The van der Waals surface area contributed by atoms with Gasteiger partial charge in [0.25, 0.3) is 0 Å². The maximum absolute atomic E-state index is 12.2. The van der Waals surface area contributed by atoms with Crippen LogP contribution in [0, 0.1) is 34.5 Å². The molecule has 1 aromatic rings. The van der Waals surface area contributed by atoms with Gasteiger partial charge in [-0.3, -0.25) is 4.79 Å². The molecule has 23 heavy (non-hydrogen) atoms. The third kappa shape index (κ3) is 5.13. The molecule has 0 spiro atoms. The molecule has 0 heterocycles. The van der Waals surface area contributed by atoms with E-state index in [2.05, 4.69) is 6.08 Å². The maximum Gasteiger partial charge on any atom is 0.314 e. The van der Waals surface area contributed by atoms with Crippen molar-refractivity contribution < 1.29 is 9.53 Å². The Morgan fingerprint density at radius 3 is 2.39 bits per heavy atom. The van der Waals surface area contributed by atoms with Gasteiger partial charge in [0, 0.05) is 6.08 Å². The van der Waals surface area contributed by atoms with Gasteiger partial charge in [0.1, 0.15) is 5.75 Å². The third-order valence-electron chi connectivity index (χ3n) is 3.97. The lowest BCUT2D eigenvalue weighted by Crippen LogP contribution is -2.25. The highest BCUT2D eigenvalue weighted by atomic mass is 16.5. The molecule has 0 atom stereocenters. The molecule has 0 bridgehead atoms. The molecule has 0 N–H and O–H groups in total. The van der Waals surface area contributed by atoms with Gasteiger partial charge in [-0.1, -0.05) is 18.2 Å². The first kappa shape index (κ1) is 16.5. The fraction of sp³-hybridized carbons (Fsp3) is 0.316. The number of allylic oxidation sites excluding steroid dienone is 4. The van der Waals surface area contributed by atoms with Crippen molar-refractivity contribution in [3.05, 3.63) is 54.1 Å². The van der Waals surface area contributed by atoms with Crippen LogP contribution in [-0.2, 0) is 4.79 Å². The van der Waals surface area contributed by atoms with Crippen LogP contribution >= 0.6 is 0 Å². The highest BCUT2D eigenvalue weighted by Crippen LogP contribution is 2.30. The number of nitrogens with zero attached hydrogens (tertiary/aromatic N) is 2. The average Bonchev–Trinajstić information content (AvgIpc) is 2.60. The second kappa shape index (κ2) is 8.56. The van der Waals surface area contributed by atoms with Crippen LogP contribution in [0.25, 0.3) is 0 Å². The van der Waals surface area contributed by atoms with Crippen LogP contribution in [0.4, 0.5) is 0 Å². The summed E-state index contributed by atoms with van der Waals surface area (Å²) in [5.74, 6) is 0.682. The number of benzene rings is 1. The summed E-state index contributed by atoms with van der Waals surface area (Å²) in [6.45, 7) is 0. The van der Waals surface area contributed by atoms with Crippen LogP contribution in [0.3, 0.4) is 0 Å². The van der Waals surface area contributed by atoms with Crippen LogP contribution in [0.15, 0.2) is 48.6 Å². The summed E-state index contributed by atoms with van der Waals surface area (Å²) in [6, 6.07) is 10.5. The summed E-state index contributed by atoms with van der Waals surface area (Å²) >= 11 is 0. The molecule has 0 aromatic heterocycles. The van der Waals surface area contributed by atoms with E-state index in [0.717, 1.165) is 25.7 Å². The van der Waals surface area contributed by atoms with Gasteiger partial charge in [-0.25, -0.2) is 0 Å². The summed E-state index contributed by atoms with van der Waals surface area (Å²) < 4.78 is 5.39. The highest BCUT2D eigenvalue weighted by Gasteiger charge is 2.26. The summed E-state index contributed by atoms with van der Waals surface area (Å²) in [5, 5.41) is 17.2. The second-order valence-electron chi connectivity index (χ2n) is 5.54. The first-order chi connectivity index (χ1) is 11.2. The fourth-order valence-corrected chi connectivity index (χ4v) is 2.66. The van der Waals surface area contributed by atoms with Crippen molar-refractivity contribution in [2.24, 2.45) is 11.8 Å². The standard InChI is InChI=1S/C19H18N2O2/c20-13-3-1-2-4-15-5-9-17(10-6-15)19(22)23-18-11-7-16(14-21)8-12-18/h1-4,7-8,11-12,15,17H,5-6,9-10H2. The highest BCUT2D eigenvalue weighted by molar-refractivity contribution is 5.75. The zero-order valence-electron chi connectivity index (χ0n) is 12.8. The predicted molar refractivity (Wildman–Crippen MR) is 86.1 cm³/mol. The molecule has 1 aliphatic carbocycles. The molecule has 116 valence electrons. The molecule has 1 fully saturated rings. The van der Waals surface area contributed by atoms with E-state index in [1.54, 1.807) is 30.3 Å². The number of carbonyl (C=O) groups excluding carboxylic acids is 1. The van der Waals surface area contributed by atoms with Gasteiger partial charge >= 0.3 is 5.97 Å². The van der Waals surface area contributed by atoms with E-state index in [-0.39, 0.29) is 11.9 Å².